The van der Waals surface area contributed by atoms with Gasteiger partial charge in [-0.3, -0.25) is 0 Å². The van der Waals surface area contributed by atoms with E-state index < -0.39 is 0 Å². The molecule has 2 aliphatic carbocycles. The molecule has 1 heterocycles. The van der Waals surface area contributed by atoms with Crippen LogP contribution in [0.4, 0.5) is 0 Å². The van der Waals surface area contributed by atoms with E-state index in [1.54, 1.807) is 6.20 Å². The first-order valence-corrected chi connectivity index (χ1v) is 11.7. The number of nitrogens with zero attached hydrogens (tertiary/aromatic N) is 1. The van der Waals surface area contributed by atoms with Gasteiger partial charge in [0.25, 0.3) is 0 Å². The Morgan fingerprint density at radius 2 is 1.52 bits per heavy atom. The standard InChI is InChI=1S/C16H30O2.C11H8N.Ir/c1-5-9(3)12-7-11-8-13(10(4)6-2)16(18)14(11)15(12)17;1-2-6-10(7-3-1)11-8-4-5-9-12-11;/h9-18H,5-8H2,1-4H3;1-6,8-9H;/q;-1;/t9?,10?,11?,12-,13+,14?,15?,16?;;. The molecular weight excluding hydrogens is 563 g/mol. The minimum atomic E-state index is -0.269. The van der Waals surface area contributed by atoms with E-state index in [4.69, 9.17) is 0 Å². The van der Waals surface area contributed by atoms with Gasteiger partial charge >= 0.3 is 0 Å². The summed E-state index contributed by atoms with van der Waals surface area (Å²) < 4.78 is 0. The van der Waals surface area contributed by atoms with Crippen molar-refractivity contribution in [2.75, 3.05) is 0 Å². The molecule has 31 heavy (non-hydrogen) atoms. The smallest absolute Gasteiger partial charge is 0.0626 e. The van der Waals surface area contributed by atoms with Gasteiger partial charge in [0.15, 0.2) is 0 Å². The van der Waals surface area contributed by atoms with Gasteiger partial charge in [0.2, 0.25) is 0 Å². The van der Waals surface area contributed by atoms with Gasteiger partial charge in [-0.05, 0) is 54.2 Å². The SMILES string of the molecule is CCC(C)[C@H]1CC2C[C@@H](C(C)CC)C(O)C2C1O.[Ir].[c-]1ccccc1-c1ccccn1. The van der Waals surface area contributed by atoms with Crippen LogP contribution in [0, 0.1) is 41.6 Å². The van der Waals surface area contributed by atoms with Crippen molar-refractivity contribution in [2.24, 2.45) is 35.5 Å². The molecule has 2 saturated carbocycles. The fourth-order valence-corrected chi connectivity index (χ4v) is 5.54. The van der Waals surface area contributed by atoms with E-state index >= 15 is 0 Å². The second kappa shape index (κ2) is 12.3. The van der Waals surface area contributed by atoms with Crippen molar-refractivity contribution in [2.45, 2.75) is 65.6 Å². The maximum absolute atomic E-state index is 10.5. The summed E-state index contributed by atoms with van der Waals surface area (Å²) >= 11 is 0. The third kappa shape index (κ3) is 6.05. The summed E-state index contributed by atoms with van der Waals surface area (Å²) in [5.41, 5.74) is 2.01. The number of hydrogen-bond donors (Lipinski definition) is 2. The Hall–Kier alpha value is -1.06. The van der Waals surface area contributed by atoms with Gasteiger partial charge in [-0.15, -0.1) is 35.9 Å². The van der Waals surface area contributed by atoms with Crippen LogP contribution in [0.5, 0.6) is 0 Å². The summed E-state index contributed by atoms with van der Waals surface area (Å²) in [7, 11) is 0. The Bertz CT molecular complexity index is 693. The largest absolute Gasteiger partial charge is 0.392 e. The first-order chi connectivity index (χ1) is 14.5. The van der Waals surface area contributed by atoms with Crippen LogP contribution < -0.4 is 0 Å². The molecule has 1 aromatic carbocycles. The van der Waals surface area contributed by atoms with E-state index in [0.717, 1.165) is 36.9 Å². The van der Waals surface area contributed by atoms with Crippen LogP contribution in [0.1, 0.15) is 53.4 Å². The molecule has 4 rings (SSSR count). The third-order valence-corrected chi connectivity index (χ3v) is 7.76. The molecular formula is C27H38IrNO2-. The first-order valence-electron chi connectivity index (χ1n) is 11.7. The minimum Gasteiger partial charge on any atom is -0.392 e. The van der Waals surface area contributed by atoms with E-state index in [0.29, 0.717) is 29.6 Å². The van der Waals surface area contributed by atoms with Gasteiger partial charge in [0.1, 0.15) is 0 Å². The fraction of sp³-hybridized carbons (Fsp3) is 0.593. The second-order valence-electron chi connectivity index (χ2n) is 9.38. The van der Waals surface area contributed by atoms with E-state index in [1.165, 1.54) is 0 Å². The minimum absolute atomic E-state index is 0. The Morgan fingerprint density at radius 1 is 0.935 bits per heavy atom. The van der Waals surface area contributed by atoms with Crippen LogP contribution in [0.25, 0.3) is 11.3 Å². The molecule has 0 saturated heterocycles. The van der Waals surface area contributed by atoms with Gasteiger partial charge in [0.05, 0.1) is 12.2 Å². The molecule has 1 radical (unpaired) electrons. The van der Waals surface area contributed by atoms with E-state index in [9.17, 15) is 10.2 Å². The van der Waals surface area contributed by atoms with Crippen LogP contribution in [0.3, 0.4) is 0 Å². The molecule has 2 N–H and O–H groups in total. The van der Waals surface area contributed by atoms with Gasteiger partial charge in [-0.25, -0.2) is 0 Å². The first kappa shape index (κ1) is 26.2. The van der Waals surface area contributed by atoms with Gasteiger partial charge in [0, 0.05) is 32.2 Å². The van der Waals surface area contributed by atoms with E-state index in [-0.39, 0.29) is 38.2 Å². The topological polar surface area (TPSA) is 53.4 Å². The Labute approximate surface area is 202 Å². The molecule has 8 atom stereocenters. The number of fused-ring (bicyclic) bond motifs is 1. The van der Waals surface area contributed by atoms with Crippen LogP contribution in [0.15, 0.2) is 48.7 Å². The number of benzene rings is 1. The number of pyridine rings is 1. The average Bonchev–Trinajstić information content (AvgIpc) is 3.30. The Morgan fingerprint density at radius 3 is 1.94 bits per heavy atom. The monoisotopic (exact) mass is 601 g/mol. The molecule has 3 nitrogen and oxygen atoms in total. The van der Waals surface area contributed by atoms with Crippen LogP contribution in [-0.2, 0) is 20.1 Å². The van der Waals surface area contributed by atoms with Crippen molar-refractivity contribution >= 4 is 0 Å². The predicted molar refractivity (Wildman–Crippen MR) is 123 cm³/mol. The van der Waals surface area contributed by atoms with Crippen molar-refractivity contribution in [3.63, 3.8) is 0 Å². The molecule has 0 amide bonds. The predicted octanol–water partition coefficient (Wildman–Crippen LogP) is 5.62. The summed E-state index contributed by atoms with van der Waals surface area (Å²) in [4.78, 5) is 4.22. The van der Waals surface area contributed by atoms with E-state index in [1.807, 2.05) is 42.5 Å². The number of hydrogen-bond acceptors (Lipinski definition) is 3. The quantitative estimate of drug-likeness (QED) is 0.439. The Kier molecular flexibility index (Phi) is 10.4. The summed E-state index contributed by atoms with van der Waals surface area (Å²) in [5.74, 6) is 2.71. The molecule has 0 aliphatic heterocycles. The average molecular weight is 601 g/mol. The summed E-state index contributed by atoms with van der Waals surface area (Å²) in [5, 5.41) is 21.1. The molecule has 4 heteroatoms. The van der Waals surface area contributed by atoms with Crippen molar-refractivity contribution < 1.29 is 30.3 Å². The Balaban J connectivity index is 0.000000229. The summed E-state index contributed by atoms with van der Waals surface area (Å²) in [6.45, 7) is 8.88. The van der Waals surface area contributed by atoms with Crippen molar-refractivity contribution in [3.8, 4) is 11.3 Å². The molecule has 173 valence electrons. The maximum Gasteiger partial charge on any atom is 0.0626 e. The number of aromatic nitrogens is 1. The molecule has 2 aromatic rings. The van der Waals surface area contributed by atoms with Crippen molar-refractivity contribution in [1.29, 1.82) is 0 Å². The van der Waals surface area contributed by atoms with Crippen LogP contribution in [0.2, 0.25) is 0 Å². The molecule has 0 bridgehead atoms. The molecule has 1 aromatic heterocycles. The zero-order valence-corrected chi connectivity index (χ0v) is 21.6. The van der Waals surface area contributed by atoms with Gasteiger partial charge in [-0.1, -0.05) is 52.7 Å². The zero-order valence-electron chi connectivity index (χ0n) is 19.2. The maximum atomic E-state index is 10.5. The van der Waals surface area contributed by atoms with Crippen LogP contribution in [-0.4, -0.2) is 27.4 Å². The molecule has 6 unspecified atom stereocenters. The van der Waals surface area contributed by atoms with Crippen LogP contribution >= 0.6 is 0 Å². The number of aliphatic hydroxyl groups is 2. The van der Waals surface area contributed by atoms with Gasteiger partial charge in [-0.2, -0.15) is 0 Å². The third-order valence-electron chi connectivity index (χ3n) is 7.76. The molecule has 0 spiro atoms. The van der Waals surface area contributed by atoms with Crippen molar-refractivity contribution in [3.05, 3.63) is 54.7 Å². The summed E-state index contributed by atoms with van der Waals surface area (Å²) in [6.07, 6.45) is 5.77. The fourth-order valence-electron chi connectivity index (χ4n) is 5.54. The number of rotatable bonds is 5. The van der Waals surface area contributed by atoms with Crippen molar-refractivity contribution in [1.82, 2.24) is 4.98 Å². The normalized spacial score (nSPS) is 31.0. The molecule has 2 fully saturated rings. The summed E-state index contributed by atoms with van der Waals surface area (Å²) in [6, 6.07) is 16.8. The van der Waals surface area contributed by atoms with Gasteiger partial charge < -0.3 is 15.2 Å². The molecule has 2 aliphatic rings. The van der Waals surface area contributed by atoms with E-state index in [2.05, 4.69) is 38.7 Å². The zero-order chi connectivity index (χ0) is 21.7. The number of aliphatic hydroxyl groups excluding tert-OH is 2. The second-order valence-corrected chi connectivity index (χ2v) is 9.38.